The Morgan fingerprint density at radius 1 is 0.923 bits per heavy atom. The zero-order valence-electron chi connectivity index (χ0n) is 16.9. The molecule has 0 bridgehead atoms. The summed E-state index contributed by atoms with van der Waals surface area (Å²) in [5.41, 5.74) is 1.25. The fraction of sp³-hybridized carbons (Fsp3) is 0.714. The Hall–Kier alpha value is -1.46. The monoisotopic (exact) mass is 364 g/mol. The van der Waals surface area contributed by atoms with Gasteiger partial charge in [0.25, 0.3) is 0 Å². The molecule has 1 aliphatic carbocycles. The molecule has 1 heterocycles. The van der Waals surface area contributed by atoms with E-state index < -0.39 is 0 Å². The molecule has 2 aliphatic rings. The van der Waals surface area contributed by atoms with Crippen LogP contribution in [0.15, 0.2) is 12.1 Å². The second-order valence-corrected chi connectivity index (χ2v) is 8.09. The van der Waals surface area contributed by atoms with Crippen LogP contribution in [0.3, 0.4) is 0 Å². The first-order chi connectivity index (χ1) is 12.6. The summed E-state index contributed by atoms with van der Waals surface area (Å²) < 4.78 is 16.4. The zero-order valence-corrected chi connectivity index (χ0v) is 16.9. The van der Waals surface area contributed by atoms with Gasteiger partial charge in [-0.2, -0.15) is 0 Å². The van der Waals surface area contributed by atoms with Gasteiger partial charge in [-0.15, -0.1) is 0 Å². The quantitative estimate of drug-likeness (QED) is 0.775. The number of rotatable bonds is 6. The molecule has 0 amide bonds. The fourth-order valence-corrected chi connectivity index (χ4v) is 4.84. The summed E-state index contributed by atoms with van der Waals surface area (Å²) in [4.78, 5) is 3.51. The highest BCUT2D eigenvalue weighted by Crippen LogP contribution is 2.37. The van der Waals surface area contributed by atoms with E-state index in [1.54, 1.807) is 26.2 Å². The number of ether oxygens (including phenoxy) is 3. The lowest BCUT2D eigenvalue weighted by atomic mass is 9.86. The zero-order chi connectivity index (χ0) is 18.5. The molecule has 3 rings (SSSR count). The van der Waals surface area contributed by atoms with E-state index in [9.17, 15) is 0 Å². The van der Waals surface area contributed by atoms with Crippen molar-refractivity contribution >= 4 is 0 Å². The summed E-state index contributed by atoms with van der Waals surface area (Å²) in [6, 6.07) is 5.09. The van der Waals surface area contributed by atoms with Crippen LogP contribution in [0.4, 0.5) is 0 Å². The first-order valence-electron chi connectivity index (χ1n) is 10.1. The molecule has 0 radical (unpaired) electrons. The molecule has 146 valence electrons. The topological polar surface area (TPSA) is 36.6 Å². The van der Waals surface area contributed by atoms with Gasteiger partial charge < -0.3 is 24.0 Å². The van der Waals surface area contributed by atoms with Gasteiger partial charge in [-0.3, -0.25) is 0 Å². The molecule has 5 nitrogen and oxygen atoms in total. The molecule has 1 saturated carbocycles. The number of methoxy groups -OCH3 is 3. The first-order valence-corrected chi connectivity index (χ1v) is 10.1. The molecular formula is C21H36N2O3+2. The molecule has 1 aliphatic heterocycles. The van der Waals surface area contributed by atoms with Gasteiger partial charge in [-0.05, 0) is 30.9 Å². The number of piperazine rings is 1. The molecule has 26 heavy (non-hydrogen) atoms. The van der Waals surface area contributed by atoms with Crippen LogP contribution < -0.4 is 24.0 Å². The first kappa shape index (κ1) is 19.3. The van der Waals surface area contributed by atoms with Crippen LogP contribution >= 0.6 is 0 Å². The van der Waals surface area contributed by atoms with Gasteiger partial charge in [0.1, 0.15) is 32.7 Å². The molecule has 1 aromatic carbocycles. The van der Waals surface area contributed by atoms with Gasteiger partial charge in [0.05, 0.1) is 27.4 Å². The summed E-state index contributed by atoms with van der Waals surface area (Å²) in [6.07, 6.45) is 5.72. The summed E-state index contributed by atoms with van der Waals surface area (Å²) in [5.74, 6) is 3.10. The molecule has 2 fully saturated rings. The van der Waals surface area contributed by atoms with E-state index in [-0.39, 0.29) is 0 Å². The van der Waals surface area contributed by atoms with Gasteiger partial charge in [0, 0.05) is 12.0 Å². The lowest BCUT2D eigenvalue weighted by molar-refractivity contribution is -1.03. The predicted molar refractivity (Wildman–Crippen MR) is 103 cm³/mol. The number of hydrogen-bond donors (Lipinski definition) is 2. The van der Waals surface area contributed by atoms with E-state index in [1.165, 1.54) is 57.4 Å². The lowest BCUT2D eigenvalue weighted by Crippen LogP contribution is -3.29. The van der Waals surface area contributed by atoms with Gasteiger partial charge in [0.2, 0.25) is 5.75 Å². The Balaban J connectivity index is 1.59. The van der Waals surface area contributed by atoms with Crippen molar-refractivity contribution in [3.05, 3.63) is 17.7 Å². The molecule has 1 aromatic rings. The van der Waals surface area contributed by atoms with Crippen molar-refractivity contribution in [1.82, 2.24) is 0 Å². The molecular weight excluding hydrogens is 328 g/mol. The van der Waals surface area contributed by atoms with E-state index in [0.29, 0.717) is 5.75 Å². The van der Waals surface area contributed by atoms with Crippen molar-refractivity contribution in [3.8, 4) is 17.2 Å². The van der Waals surface area contributed by atoms with Gasteiger partial charge >= 0.3 is 0 Å². The third-order valence-electron chi connectivity index (χ3n) is 6.29. The second-order valence-electron chi connectivity index (χ2n) is 8.09. The Labute approximate surface area is 158 Å². The Morgan fingerprint density at radius 3 is 2.12 bits per heavy atom. The highest BCUT2D eigenvalue weighted by atomic mass is 16.5. The summed E-state index contributed by atoms with van der Waals surface area (Å²) in [6.45, 7) is 8.55. The molecule has 2 N–H and O–H groups in total. The maximum atomic E-state index is 5.50. The minimum Gasteiger partial charge on any atom is -0.493 e. The van der Waals surface area contributed by atoms with Crippen molar-refractivity contribution in [2.45, 2.75) is 45.2 Å². The summed E-state index contributed by atoms with van der Waals surface area (Å²) >= 11 is 0. The SMILES string of the molecule is COc1cc(C[NH+]2CC[NH+]([C@@H]3CCC[C@@H](C)C3)CC2)cc(OC)c1OC. The molecule has 0 aromatic heterocycles. The predicted octanol–water partition coefficient (Wildman–Crippen LogP) is 0.575. The van der Waals surface area contributed by atoms with Crippen molar-refractivity contribution in [1.29, 1.82) is 0 Å². The summed E-state index contributed by atoms with van der Waals surface area (Å²) in [7, 11) is 5.02. The average Bonchev–Trinajstić information content (AvgIpc) is 2.67. The Morgan fingerprint density at radius 2 is 1.58 bits per heavy atom. The minimum absolute atomic E-state index is 0.675. The number of hydrogen-bond acceptors (Lipinski definition) is 3. The third-order valence-corrected chi connectivity index (χ3v) is 6.29. The summed E-state index contributed by atoms with van der Waals surface area (Å²) in [5, 5.41) is 0. The van der Waals surface area contributed by atoms with E-state index in [0.717, 1.165) is 30.0 Å². The van der Waals surface area contributed by atoms with Crippen LogP contribution in [-0.2, 0) is 6.54 Å². The average molecular weight is 365 g/mol. The molecule has 5 heteroatoms. The van der Waals surface area contributed by atoms with Crippen LogP contribution in [0.1, 0.15) is 38.2 Å². The highest BCUT2D eigenvalue weighted by Gasteiger charge is 2.32. The standard InChI is InChI=1S/C21H34N2O3/c1-16-6-5-7-18(12-16)23-10-8-22(9-11-23)15-17-13-19(24-2)21(26-4)20(14-17)25-3/h13-14,16,18H,5-12,15H2,1-4H3/p+2/t16-,18-/m1/s1. The van der Waals surface area contributed by atoms with Crippen LogP contribution in [0.2, 0.25) is 0 Å². The number of quaternary nitrogens is 2. The van der Waals surface area contributed by atoms with Crippen molar-refractivity contribution in [2.75, 3.05) is 47.5 Å². The van der Waals surface area contributed by atoms with Gasteiger partial charge in [0.15, 0.2) is 11.5 Å². The van der Waals surface area contributed by atoms with E-state index in [1.807, 2.05) is 4.90 Å². The second kappa shape index (κ2) is 8.96. The highest BCUT2D eigenvalue weighted by molar-refractivity contribution is 5.53. The van der Waals surface area contributed by atoms with Crippen LogP contribution in [-0.4, -0.2) is 53.6 Å². The molecule has 1 saturated heterocycles. The minimum atomic E-state index is 0.675. The van der Waals surface area contributed by atoms with Gasteiger partial charge in [-0.25, -0.2) is 0 Å². The normalized spacial score (nSPS) is 29.2. The number of nitrogens with one attached hydrogen (secondary N) is 2. The smallest absolute Gasteiger partial charge is 0.203 e. The van der Waals surface area contributed by atoms with Crippen molar-refractivity contribution in [3.63, 3.8) is 0 Å². The van der Waals surface area contributed by atoms with Crippen LogP contribution in [0, 0.1) is 5.92 Å². The van der Waals surface area contributed by atoms with Gasteiger partial charge in [-0.1, -0.05) is 13.3 Å². The lowest BCUT2D eigenvalue weighted by Gasteiger charge is -2.37. The van der Waals surface area contributed by atoms with Crippen LogP contribution in [0.5, 0.6) is 17.2 Å². The third kappa shape index (κ3) is 4.44. The Kier molecular flexibility index (Phi) is 6.65. The van der Waals surface area contributed by atoms with E-state index in [4.69, 9.17) is 14.2 Å². The maximum absolute atomic E-state index is 5.50. The number of benzene rings is 1. The van der Waals surface area contributed by atoms with E-state index in [2.05, 4.69) is 19.1 Å². The largest absolute Gasteiger partial charge is 0.493 e. The maximum Gasteiger partial charge on any atom is 0.203 e. The molecule has 2 atom stereocenters. The Bertz CT molecular complexity index is 560. The molecule has 0 unspecified atom stereocenters. The molecule has 0 spiro atoms. The van der Waals surface area contributed by atoms with Crippen LogP contribution in [0.25, 0.3) is 0 Å². The van der Waals surface area contributed by atoms with E-state index >= 15 is 0 Å². The van der Waals surface area contributed by atoms with Crippen molar-refractivity contribution < 1.29 is 24.0 Å². The fourth-order valence-electron chi connectivity index (χ4n) is 4.84. The van der Waals surface area contributed by atoms with Crippen molar-refractivity contribution in [2.24, 2.45) is 5.92 Å².